The second-order valence-corrected chi connectivity index (χ2v) is 6.46. The highest BCUT2D eigenvalue weighted by Crippen LogP contribution is 2.36. The molecule has 0 saturated carbocycles. The molecule has 0 bridgehead atoms. The predicted molar refractivity (Wildman–Crippen MR) is 84.4 cm³/mol. The molecule has 0 heterocycles. The zero-order valence-corrected chi connectivity index (χ0v) is 13.2. The number of likely N-dealkylation sites (N-methyl/N-ethyl adjacent to an activating group) is 1. The van der Waals surface area contributed by atoms with Crippen LogP contribution >= 0.6 is 0 Å². The molecule has 1 aliphatic rings. The van der Waals surface area contributed by atoms with Crippen molar-refractivity contribution in [2.75, 3.05) is 20.1 Å². The molecular formula is C17H26N2O2. The number of carbonyl (C=O) groups is 1. The number of aliphatic hydroxyl groups excluding tert-OH is 1. The van der Waals surface area contributed by atoms with Gasteiger partial charge in [-0.2, -0.15) is 0 Å². The summed E-state index contributed by atoms with van der Waals surface area (Å²) in [6, 6.07) is 8.40. The molecule has 2 N–H and O–H groups in total. The number of nitrogens with one attached hydrogen (secondary N) is 1. The lowest BCUT2D eigenvalue weighted by atomic mass is 9.71. The predicted octanol–water partition coefficient (Wildman–Crippen LogP) is 2.30. The summed E-state index contributed by atoms with van der Waals surface area (Å²) >= 11 is 0. The fraction of sp³-hybridized carbons (Fsp3) is 0.588. The fourth-order valence-corrected chi connectivity index (χ4v) is 3.20. The Morgan fingerprint density at radius 2 is 2.19 bits per heavy atom. The van der Waals surface area contributed by atoms with Gasteiger partial charge < -0.3 is 15.3 Å². The van der Waals surface area contributed by atoms with Crippen molar-refractivity contribution in [2.24, 2.45) is 0 Å². The molecule has 0 saturated heterocycles. The van der Waals surface area contributed by atoms with E-state index >= 15 is 0 Å². The van der Waals surface area contributed by atoms with Crippen molar-refractivity contribution >= 4 is 6.03 Å². The molecule has 0 fully saturated rings. The first kappa shape index (κ1) is 15.8. The molecular weight excluding hydrogens is 264 g/mol. The molecule has 1 aromatic carbocycles. The molecule has 2 amide bonds. The minimum Gasteiger partial charge on any atom is -0.392 e. The first-order valence-corrected chi connectivity index (χ1v) is 7.68. The second kappa shape index (κ2) is 6.48. The molecule has 0 radical (unpaired) electrons. The topological polar surface area (TPSA) is 52.6 Å². The fourth-order valence-electron chi connectivity index (χ4n) is 3.20. The molecule has 4 heteroatoms. The van der Waals surface area contributed by atoms with Crippen LogP contribution in [0.4, 0.5) is 4.79 Å². The van der Waals surface area contributed by atoms with Crippen LogP contribution in [0.25, 0.3) is 0 Å². The van der Waals surface area contributed by atoms with Crippen molar-refractivity contribution in [3.8, 4) is 0 Å². The van der Waals surface area contributed by atoms with Crippen LogP contribution in [0.2, 0.25) is 0 Å². The molecule has 4 nitrogen and oxygen atoms in total. The summed E-state index contributed by atoms with van der Waals surface area (Å²) in [5, 5.41) is 12.4. The quantitative estimate of drug-likeness (QED) is 0.894. The lowest BCUT2D eigenvalue weighted by Gasteiger charge is -2.36. The van der Waals surface area contributed by atoms with Gasteiger partial charge in [-0.05, 0) is 37.3 Å². The Bertz CT molecular complexity index is 501. The molecule has 0 aliphatic heterocycles. The number of fused-ring (bicyclic) bond motifs is 1. The van der Waals surface area contributed by atoms with E-state index in [2.05, 4.69) is 36.5 Å². The number of amides is 2. The number of rotatable bonds is 4. The smallest absolute Gasteiger partial charge is 0.317 e. The van der Waals surface area contributed by atoms with Crippen molar-refractivity contribution in [3.63, 3.8) is 0 Å². The lowest BCUT2D eigenvalue weighted by molar-refractivity contribution is 0.143. The van der Waals surface area contributed by atoms with Gasteiger partial charge in [0.2, 0.25) is 0 Å². The highest BCUT2D eigenvalue weighted by atomic mass is 16.3. The van der Waals surface area contributed by atoms with Gasteiger partial charge in [-0.15, -0.1) is 0 Å². The van der Waals surface area contributed by atoms with Gasteiger partial charge in [-0.25, -0.2) is 4.79 Å². The van der Waals surface area contributed by atoms with Crippen LogP contribution in [0.5, 0.6) is 0 Å². The Hall–Kier alpha value is -1.55. The van der Waals surface area contributed by atoms with E-state index in [0.717, 1.165) is 19.3 Å². The third-order valence-corrected chi connectivity index (χ3v) is 4.36. The molecule has 1 aliphatic carbocycles. The van der Waals surface area contributed by atoms with Gasteiger partial charge in [0.1, 0.15) is 0 Å². The van der Waals surface area contributed by atoms with Gasteiger partial charge in [0.25, 0.3) is 0 Å². The summed E-state index contributed by atoms with van der Waals surface area (Å²) in [6.45, 7) is 4.88. The van der Waals surface area contributed by atoms with E-state index in [1.165, 1.54) is 16.0 Å². The first-order valence-electron chi connectivity index (χ1n) is 7.68. The number of carbonyl (C=O) groups excluding carboxylic acids is 1. The van der Waals surface area contributed by atoms with Crippen LogP contribution < -0.4 is 5.32 Å². The summed E-state index contributed by atoms with van der Waals surface area (Å²) in [6.07, 6.45) is 2.87. The third kappa shape index (κ3) is 3.76. The van der Waals surface area contributed by atoms with Gasteiger partial charge in [0.05, 0.1) is 6.10 Å². The maximum atomic E-state index is 12.1. The minimum atomic E-state index is -0.508. The minimum absolute atomic E-state index is 0.00380. The summed E-state index contributed by atoms with van der Waals surface area (Å²) in [5.74, 6) is 0. The monoisotopic (exact) mass is 290 g/mol. The number of benzene rings is 1. The van der Waals surface area contributed by atoms with E-state index in [1.807, 2.05) is 0 Å². The van der Waals surface area contributed by atoms with Crippen molar-refractivity contribution in [3.05, 3.63) is 35.4 Å². The van der Waals surface area contributed by atoms with Gasteiger partial charge in [0, 0.05) is 25.6 Å². The van der Waals surface area contributed by atoms with Crippen LogP contribution in [0, 0.1) is 0 Å². The molecule has 1 aromatic rings. The number of hydrogen-bond acceptors (Lipinski definition) is 2. The van der Waals surface area contributed by atoms with Crippen LogP contribution in [0.3, 0.4) is 0 Å². The highest BCUT2D eigenvalue weighted by Gasteiger charge is 2.32. The molecule has 2 unspecified atom stereocenters. The van der Waals surface area contributed by atoms with E-state index in [4.69, 9.17) is 0 Å². The third-order valence-electron chi connectivity index (χ3n) is 4.36. The van der Waals surface area contributed by atoms with Gasteiger partial charge in [-0.1, -0.05) is 31.2 Å². The van der Waals surface area contributed by atoms with Crippen molar-refractivity contribution in [1.29, 1.82) is 0 Å². The van der Waals surface area contributed by atoms with Crippen LogP contribution in [-0.2, 0) is 11.8 Å². The Kier molecular flexibility index (Phi) is 4.88. The summed E-state index contributed by atoms with van der Waals surface area (Å²) in [4.78, 5) is 13.6. The Balaban J connectivity index is 2.01. The largest absolute Gasteiger partial charge is 0.392 e. The molecule has 0 spiro atoms. The summed E-state index contributed by atoms with van der Waals surface area (Å²) < 4.78 is 0. The Morgan fingerprint density at radius 1 is 1.48 bits per heavy atom. The van der Waals surface area contributed by atoms with Gasteiger partial charge in [0.15, 0.2) is 0 Å². The maximum absolute atomic E-state index is 12.1. The second-order valence-electron chi connectivity index (χ2n) is 6.46. The molecule has 2 atom stereocenters. The molecule has 0 aromatic heterocycles. The zero-order chi connectivity index (χ0) is 15.5. The van der Waals surface area contributed by atoms with E-state index in [-0.39, 0.29) is 11.4 Å². The van der Waals surface area contributed by atoms with Gasteiger partial charge in [-0.3, -0.25) is 0 Å². The standard InChI is InChI=1S/C17H26N2O2/c1-13(20)11-19(3)16(21)18-12-17(2)10-6-8-14-7-4-5-9-15(14)17/h4-5,7,9,13,20H,6,8,10-12H2,1-3H3,(H,18,21). The van der Waals surface area contributed by atoms with Crippen LogP contribution in [0.15, 0.2) is 24.3 Å². The normalized spacial score (nSPS) is 22.3. The van der Waals surface area contributed by atoms with E-state index in [0.29, 0.717) is 13.1 Å². The molecule has 2 rings (SSSR count). The van der Waals surface area contributed by atoms with Crippen LogP contribution in [0.1, 0.15) is 37.8 Å². The van der Waals surface area contributed by atoms with E-state index in [9.17, 15) is 9.90 Å². The van der Waals surface area contributed by atoms with Crippen molar-refractivity contribution in [1.82, 2.24) is 10.2 Å². The number of aliphatic hydroxyl groups is 1. The van der Waals surface area contributed by atoms with E-state index < -0.39 is 6.10 Å². The van der Waals surface area contributed by atoms with Gasteiger partial charge >= 0.3 is 6.03 Å². The average molecular weight is 290 g/mol. The molecule has 116 valence electrons. The number of hydrogen-bond donors (Lipinski definition) is 2. The molecule has 21 heavy (non-hydrogen) atoms. The summed E-state index contributed by atoms with van der Waals surface area (Å²) in [7, 11) is 1.71. The first-order chi connectivity index (χ1) is 9.92. The highest BCUT2D eigenvalue weighted by molar-refractivity contribution is 5.74. The Morgan fingerprint density at radius 3 is 2.90 bits per heavy atom. The zero-order valence-electron chi connectivity index (χ0n) is 13.2. The van der Waals surface area contributed by atoms with E-state index in [1.54, 1.807) is 14.0 Å². The van der Waals surface area contributed by atoms with Crippen molar-refractivity contribution in [2.45, 2.75) is 44.6 Å². The lowest BCUT2D eigenvalue weighted by Crippen LogP contribution is -2.46. The number of aryl methyl sites for hydroxylation is 1. The summed E-state index contributed by atoms with van der Waals surface area (Å²) in [5.41, 5.74) is 2.75. The SMILES string of the molecule is CC(O)CN(C)C(=O)NCC1(C)CCCc2ccccc21. The van der Waals surface area contributed by atoms with Crippen molar-refractivity contribution < 1.29 is 9.90 Å². The Labute approximate surface area is 127 Å². The number of urea groups is 1. The average Bonchev–Trinajstić information content (AvgIpc) is 2.45. The number of nitrogens with zero attached hydrogens (tertiary/aromatic N) is 1. The van der Waals surface area contributed by atoms with Crippen LogP contribution in [-0.4, -0.2) is 42.3 Å². The maximum Gasteiger partial charge on any atom is 0.317 e.